The van der Waals surface area contributed by atoms with Gasteiger partial charge in [0.1, 0.15) is 0 Å². The number of halogens is 1. The second-order valence-electron chi connectivity index (χ2n) is 9.05. The molecule has 2 fully saturated rings. The molecule has 2 aromatic carbocycles. The Hall–Kier alpha value is -2.75. The molecule has 0 saturated carbocycles. The molecule has 1 amide bonds. The molecule has 0 radical (unpaired) electrons. The van der Waals surface area contributed by atoms with Gasteiger partial charge in [0.15, 0.2) is 0 Å². The number of amides is 1. The van der Waals surface area contributed by atoms with Crippen molar-refractivity contribution < 1.29 is 17.7 Å². The van der Waals surface area contributed by atoms with Gasteiger partial charge in [-0.05, 0) is 67.6 Å². The van der Waals surface area contributed by atoms with Crippen LogP contribution >= 0.6 is 11.6 Å². The summed E-state index contributed by atoms with van der Waals surface area (Å²) < 4.78 is 33.2. The number of aromatic nitrogens is 2. The molecule has 0 atom stereocenters. The van der Waals surface area contributed by atoms with Crippen LogP contribution in [0.4, 0.5) is 0 Å². The van der Waals surface area contributed by atoms with Crippen molar-refractivity contribution in [2.75, 3.05) is 26.2 Å². The van der Waals surface area contributed by atoms with Gasteiger partial charge in [0, 0.05) is 42.7 Å². The second kappa shape index (κ2) is 10.1. The molecule has 0 unspecified atom stereocenters. The maximum absolute atomic E-state index is 13.2. The van der Waals surface area contributed by atoms with Crippen molar-refractivity contribution in [3.05, 3.63) is 65.0 Å². The van der Waals surface area contributed by atoms with Crippen molar-refractivity contribution >= 4 is 27.5 Å². The minimum atomic E-state index is -3.63. The summed E-state index contributed by atoms with van der Waals surface area (Å²) in [6.07, 6.45) is 3.72. The Kier molecular flexibility index (Phi) is 6.91. The van der Waals surface area contributed by atoms with Crippen LogP contribution in [0.1, 0.15) is 37.1 Å². The van der Waals surface area contributed by atoms with Crippen LogP contribution in [0.3, 0.4) is 0 Å². The molecule has 3 heterocycles. The molecule has 5 rings (SSSR count). The van der Waals surface area contributed by atoms with Crippen molar-refractivity contribution in [1.29, 1.82) is 0 Å². The van der Waals surface area contributed by atoms with Crippen molar-refractivity contribution in [3.63, 3.8) is 0 Å². The summed E-state index contributed by atoms with van der Waals surface area (Å²) in [5, 5.41) is 4.69. The summed E-state index contributed by atoms with van der Waals surface area (Å²) >= 11 is 5.92. The summed E-state index contributed by atoms with van der Waals surface area (Å²) in [4.78, 5) is 19.2. The van der Waals surface area contributed by atoms with Crippen LogP contribution in [-0.2, 0) is 21.2 Å². The monoisotopic (exact) mass is 514 g/mol. The van der Waals surface area contributed by atoms with E-state index in [1.54, 1.807) is 36.4 Å². The molecule has 0 N–H and O–H groups in total. The first-order valence-corrected chi connectivity index (χ1v) is 13.7. The Bertz CT molecular complexity index is 1280. The van der Waals surface area contributed by atoms with Gasteiger partial charge >= 0.3 is 0 Å². The van der Waals surface area contributed by atoms with E-state index >= 15 is 0 Å². The molecule has 184 valence electrons. The Morgan fingerprint density at radius 3 is 2.29 bits per heavy atom. The number of benzene rings is 2. The minimum Gasteiger partial charge on any atom is -0.342 e. The number of sulfonamides is 1. The molecular weight excluding hydrogens is 488 g/mol. The molecule has 2 aliphatic heterocycles. The van der Waals surface area contributed by atoms with Gasteiger partial charge in [-0.3, -0.25) is 4.79 Å². The van der Waals surface area contributed by atoms with Crippen LogP contribution in [0.2, 0.25) is 5.02 Å². The van der Waals surface area contributed by atoms with Crippen molar-refractivity contribution in [1.82, 2.24) is 19.3 Å². The normalized spacial score (nSPS) is 17.7. The maximum atomic E-state index is 13.2. The van der Waals surface area contributed by atoms with Crippen molar-refractivity contribution in [2.24, 2.45) is 5.92 Å². The van der Waals surface area contributed by atoms with Crippen LogP contribution in [0.5, 0.6) is 0 Å². The average molecular weight is 515 g/mol. The number of hydrogen-bond donors (Lipinski definition) is 0. The maximum Gasteiger partial charge on any atom is 0.243 e. The molecule has 2 saturated heterocycles. The van der Waals surface area contributed by atoms with Gasteiger partial charge in [0.25, 0.3) is 0 Å². The molecule has 1 aromatic heterocycles. The van der Waals surface area contributed by atoms with Crippen LogP contribution < -0.4 is 0 Å². The van der Waals surface area contributed by atoms with Gasteiger partial charge in [0.05, 0.1) is 11.3 Å². The van der Waals surface area contributed by atoms with Crippen LogP contribution in [0.15, 0.2) is 57.9 Å². The second-order valence-corrected chi connectivity index (χ2v) is 11.4. The predicted octanol–water partition coefficient (Wildman–Crippen LogP) is 4.00. The number of carbonyl (C=O) groups is 1. The Morgan fingerprint density at radius 1 is 0.971 bits per heavy atom. The lowest BCUT2D eigenvalue weighted by atomic mass is 9.97. The average Bonchev–Trinajstić information content (AvgIpc) is 3.58. The largest absolute Gasteiger partial charge is 0.342 e. The fourth-order valence-corrected chi connectivity index (χ4v) is 6.28. The number of piperidine rings is 1. The van der Waals surface area contributed by atoms with E-state index in [1.807, 2.05) is 17.0 Å². The van der Waals surface area contributed by atoms with E-state index in [0.717, 1.165) is 31.5 Å². The number of rotatable bonds is 6. The number of likely N-dealkylation sites (tertiary alicyclic amines) is 1. The molecule has 0 bridgehead atoms. The van der Waals surface area contributed by atoms with Crippen molar-refractivity contribution in [3.8, 4) is 11.4 Å². The fourth-order valence-electron chi connectivity index (χ4n) is 4.68. The zero-order valence-electron chi connectivity index (χ0n) is 19.3. The summed E-state index contributed by atoms with van der Waals surface area (Å²) in [5.74, 6) is 0.964. The smallest absolute Gasteiger partial charge is 0.243 e. The van der Waals surface area contributed by atoms with Crippen LogP contribution in [-0.4, -0.2) is 59.8 Å². The Morgan fingerprint density at radius 2 is 1.63 bits per heavy atom. The molecule has 0 aliphatic carbocycles. The minimum absolute atomic E-state index is 0.0813. The summed E-state index contributed by atoms with van der Waals surface area (Å²) in [5.41, 5.74) is 1.67. The van der Waals surface area contributed by atoms with E-state index in [2.05, 4.69) is 10.1 Å². The zero-order valence-corrected chi connectivity index (χ0v) is 20.8. The molecule has 35 heavy (non-hydrogen) atoms. The number of nitrogens with zero attached hydrogens (tertiary/aromatic N) is 4. The Labute approximate surface area is 209 Å². The molecular formula is C25H27ClN4O4S. The van der Waals surface area contributed by atoms with E-state index in [9.17, 15) is 13.2 Å². The van der Waals surface area contributed by atoms with E-state index in [0.29, 0.717) is 54.7 Å². The van der Waals surface area contributed by atoms with Gasteiger partial charge in [-0.25, -0.2) is 8.42 Å². The summed E-state index contributed by atoms with van der Waals surface area (Å²) in [6.45, 7) is 2.36. The van der Waals surface area contributed by atoms with E-state index in [1.165, 1.54) is 4.31 Å². The van der Waals surface area contributed by atoms with E-state index < -0.39 is 10.0 Å². The Balaban J connectivity index is 1.22. The first-order chi connectivity index (χ1) is 16.9. The molecule has 8 nitrogen and oxygen atoms in total. The quantitative estimate of drug-likeness (QED) is 0.493. The van der Waals surface area contributed by atoms with Gasteiger partial charge in [-0.15, -0.1) is 0 Å². The highest BCUT2D eigenvalue weighted by atomic mass is 35.5. The number of carbonyl (C=O) groups excluding carboxylic acids is 1. The predicted molar refractivity (Wildman–Crippen MR) is 131 cm³/mol. The lowest BCUT2D eigenvalue weighted by Gasteiger charge is -2.32. The van der Waals surface area contributed by atoms with Crippen molar-refractivity contribution in [2.45, 2.75) is 37.0 Å². The van der Waals surface area contributed by atoms with E-state index in [4.69, 9.17) is 16.1 Å². The third-order valence-corrected chi connectivity index (χ3v) is 8.87. The fraction of sp³-hybridized carbons (Fsp3) is 0.400. The van der Waals surface area contributed by atoms with Crippen LogP contribution in [0, 0.1) is 5.92 Å². The zero-order chi connectivity index (χ0) is 24.4. The first kappa shape index (κ1) is 24.0. The van der Waals surface area contributed by atoms with Crippen LogP contribution in [0.25, 0.3) is 11.4 Å². The highest BCUT2D eigenvalue weighted by Gasteiger charge is 2.34. The molecule has 0 spiro atoms. The standard InChI is InChI=1S/C25H27ClN4O4S/c26-21-7-3-18(4-8-21)17-23-27-24(28-34-23)19-5-9-22(10-6-19)35(32,33)30-15-11-20(12-16-30)25(31)29-13-1-2-14-29/h3-10,20H,1-2,11-17H2. The molecule has 10 heteroatoms. The van der Waals surface area contributed by atoms with Gasteiger partial charge in [-0.2, -0.15) is 9.29 Å². The summed E-state index contributed by atoms with van der Waals surface area (Å²) in [6, 6.07) is 13.9. The summed E-state index contributed by atoms with van der Waals surface area (Å²) in [7, 11) is -3.63. The topological polar surface area (TPSA) is 96.6 Å². The number of hydrogen-bond acceptors (Lipinski definition) is 6. The third-order valence-electron chi connectivity index (χ3n) is 6.71. The van der Waals surface area contributed by atoms with E-state index in [-0.39, 0.29) is 16.7 Å². The van der Waals surface area contributed by atoms with Gasteiger partial charge < -0.3 is 9.42 Å². The SMILES string of the molecule is O=C(C1CCN(S(=O)(=O)c2ccc(-c3noc(Cc4ccc(Cl)cc4)n3)cc2)CC1)N1CCCC1. The molecule has 2 aliphatic rings. The third kappa shape index (κ3) is 5.27. The first-order valence-electron chi connectivity index (χ1n) is 11.9. The highest BCUT2D eigenvalue weighted by Crippen LogP contribution is 2.27. The molecule has 3 aromatic rings. The van der Waals surface area contributed by atoms with Gasteiger partial charge in [0.2, 0.25) is 27.6 Å². The highest BCUT2D eigenvalue weighted by molar-refractivity contribution is 7.89. The lowest BCUT2D eigenvalue weighted by Crippen LogP contribution is -2.43. The van der Waals surface area contributed by atoms with Gasteiger partial charge in [-0.1, -0.05) is 28.9 Å². The lowest BCUT2D eigenvalue weighted by molar-refractivity contribution is -0.135.